The predicted octanol–water partition coefficient (Wildman–Crippen LogP) is 3.09. The molecular formula is C17H25N3O. The molecule has 1 saturated carbocycles. The zero-order chi connectivity index (χ0) is 15.4. The van der Waals surface area contributed by atoms with Crippen LogP contribution >= 0.6 is 0 Å². The first kappa shape index (κ1) is 14.4. The van der Waals surface area contributed by atoms with Crippen LogP contribution < -0.4 is 5.32 Å². The molecule has 1 amide bonds. The van der Waals surface area contributed by atoms with Gasteiger partial charge in [-0.05, 0) is 44.4 Å². The van der Waals surface area contributed by atoms with Crippen molar-refractivity contribution in [3.63, 3.8) is 0 Å². The molecular weight excluding hydrogens is 262 g/mol. The van der Waals surface area contributed by atoms with Crippen LogP contribution in [0.1, 0.15) is 45.4 Å². The van der Waals surface area contributed by atoms with Crippen molar-refractivity contribution in [3.05, 3.63) is 22.9 Å². The van der Waals surface area contributed by atoms with E-state index < -0.39 is 0 Å². The van der Waals surface area contributed by atoms with Gasteiger partial charge in [-0.2, -0.15) is 5.10 Å². The van der Waals surface area contributed by atoms with Crippen LogP contribution in [-0.2, 0) is 24.7 Å². The number of nitrogens with one attached hydrogen (secondary N) is 1. The maximum Gasteiger partial charge on any atom is 0.229 e. The summed E-state index contributed by atoms with van der Waals surface area (Å²) in [5.41, 5.74) is 3.74. The standard InChI is InChI=1S/C17H25N3O/c1-10(2)9-12-14(17(12,3)4)16(21)18-15-11-7-6-8-13(11)19-20(15)5/h9,12,14H,6-8H2,1-5H3,(H,18,21)/t12-,14-/m1/s1. The molecule has 2 aliphatic rings. The number of amides is 1. The fourth-order valence-electron chi connectivity index (χ4n) is 3.72. The fraction of sp³-hybridized carbons (Fsp3) is 0.647. The van der Waals surface area contributed by atoms with Gasteiger partial charge in [0.05, 0.1) is 11.6 Å². The number of nitrogens with zero attached hydrogens (tertiary/aromatic N) is 2. The summed E-state index contributed by atoms with van der Waals surface area (Å²) >= 11 is 0. The minimum Gasteiger partial charge on any atom is -0.310 e. The van der Waals surface area contributed by atoms with Gasteiger partial charge in [0, 0.05) is 12.6 Å². The van der Waals surface area contributed by atoms with Crippen molar-refractivity contribution in [1.29, 1.82) is 0 Å². The zero-order valence-corrected chi connectivity index (χ0v) is 13.7. The molecule has 0 spiro atoms. The first-order valence-electron chi connectivity index (χ1n) is 7.83. The number of aromatic nitrogens is 2. The monoisotopic (exact) mass is 287 g/mol. The average Bonchev–Trinajstić information content (AvgIpc) is 2.71. The van der Waals surface area contributed by atoms with Crippen molar-refractivity contribution >= 4 is 11.7 Å². The summed E-state index contributed by atoms with van der Waals surface area (Å²) in [6, 6.07) is 0. The summed E-state index contributed by atoms with van der Waals surface area (Å²) < 4.78 is 1.83. The Balaban J connectivity index is 1.78. The van der Waals surface area contributed by atoms with Gasteiger partial charge in [0.2, 0.25) is 5.91 Å². The summed E-state index contributed by atoms with van der Waals surface area (Å²) in [6.45, 7) is 8.54. The minimum absolute atomic E-state index is 0.0586. The highest BCUT2D eigenvalue weighted by Crippen LogP contribution is 2.59. The van der Waals surface area contributed by atoms with E-state index >= 15 is 0 Å². The third-order valence-corrected chi connectivity index (χ3v) is 5.02. The molecule has 3 rings (SSSR count). The Morgan fingerprint density at radius 3 is 2.76 bits per heavy atom. The number of allylic oxidation sites excluding steroid dienone is 2. The normalized spacial score (nSPS) is 25.4. The second-order valence-electron chi connectivity index (χ2n) is 7.31. The maximum absolute atomic E-state index is 12.7. The van der Waals surface area contributed by atoms with Crippen LogP contribution in [-0.4, -0.2) is 15.7 Å². The van der Waals surface area contributed by atoms with Crippen LogP contribution in [0.5, 0.6) is 0 Å². The molecule has 0 aliphatic heterocycles. The largest absolute Gasteiger partial charge is 0.310 e. The van der Waals surface area contributed by atoms with Gasteiger partial charge in [0.1, 0.15) is 5.82 Å². The number of carbonyl (C=O) groups is 1. The number of aryl methyl sites for hydroxylation is 2. The van der Waals surface area contributed by atoms with E-state index in [0.29, 0.717) is 5.92 Å². The lowest BCUT2D eigenvalue weighted by molar-refractivity contribution is -0.118. The van der Waals surface area contributed by atoms with E-state index in [0.717, 1.165) is 30.8 Å². The van der Waals surface area contributed by atoms with Gasteiger partial charge >= 0.3 is 0 Å². The first-order chi connectivity index (χ1) is 9.82. The highest BCUT2D eigenvalue weighted by Gasteiger charge is 2.60. The van der Waals surface area contributed by atoms with E-state index in [1.54, 1.807) is 0 Å². The Morgan fingerprint density at radius 2 is 2.10 bits per heavy atom. The minimum atomic E-state index is 0.0586. The molecule has 2 aliphatic carbocycles. The summed E-state index contributed by atoms with van der Waals surface area (Å²) in [4.78, 5) is 12.7. The highest BCUT2D eigenvalue weighted by atomic mass is 16.2. The van der Waals surface area contributed by atoms with Crippen molar-refractivity contribution in [2.75, 3.05) is 5.32 Å². The van der Waals surface area contributed by atoms with Crippen molar-refractivity contribution in [3.8, 4) is 0 Å². The molecule has 1 fully saturated rings. The topological polar surface area (TPSA) is 46.9 Å². The van der Waals surface area contributed by atoms with E-state index in [1.807, 2.05) is 11.7 Å². The summed E-state index contributed by atoms with van der Waals surface area (Å²) in [7, 11) is 1.92. The molecule has 0 unspecified atom stereocenters. The molecule has 1 heterocycles. The Hall–Kier alpha value is -1.58. The van der Waals surface area contributed by atoms with Gasteiger partial charge < -0.3 is 5.32 Å². The van der Waals surface area contributed by atoms with Crippen molar-refractivity contribution in [1.82, 2.24) is 9.78 Å². The van der Waals surface area contributed by atoms with Crippen LogP contribution in [0.25, 0.3) is 0 Å². The molecule has 0 bridgehead atoms. The molecule has 4 nitrogen and oxygen atoms in total. The third-order valence-electron chi connectivity index (χ3n) is 5.02. The molecule has 0 radical (unpaired) electrons. The molecule has 1 aromatic heterocycles. The number of anilines is 1. The van der Waals surface area contributed by atoms with Gasteiger partial charge in [-0.1, -0.05) is 25.5 Å². The highest BCUT2D eigenvalue weighted by molar-refractivity contribution is 5.95. The van der Waals surface area contributed by atoms with E-state index in [9.17, 15) is 4.79 Å². The Bertz CT molecular complexity index is 620. The number of hydrogen-bond acceptors (Lipinski definition) is 2. The Morgan fingerprint density at radius 1 is 1.38 bits per heavy atom. The second-order valence-corrected chi connectivity index (χ2v) is 7.31. The Kier molecular flexibility index (Phi) is 3.23. The second kappa shape index (κ2) is 4.72. The SMILES string of the molecule is CC(C)=C[C@@H]1[C@H](C(=O)Nc2c3c(nn2C)CCC3)C1(C)C. The van der Waals surface area contributed by atoms with Gasteiger partial charge in [-0.15, -0.1) is 0 Å². The molecule has 21 heavy (non-hydrogen) atoms. The molecule has 4 heteroatoms. The molecule has 0 aromatic carbocycles. The lowest BCUT2D eigenvalue weighted by Crippen LogP contribution is -2.19. The number of rotatable bonds is 3. The molecule has 1 aromatic rings. The predicted molar refractivity (Wildman–Crippen MR) is 84.1 cm³/mol. The van der Waals surface area contributed by atoms with Crippen molar-refractivity contribution in [2.45, 2.75) is 47.0 Å². The lowest BCUT2D eigenvalue weighted by Gasteiger charge is -2.08. The van der Waals surface area contributed by atoms with Gasteiger partial charge in [-0.25, -0.2) is 0 Å². The molecule has 114 valence electrons. The Labute approximate surface area is 126 Å². The number of hydrogen-bond donors (Lipinski definition) is 1. The van der Waals surface area contributed by atoms with E-state index in [1.165, 1.54) is 11.1 Å². The molecule has 1 N–H and O–H groups in total. The summed E-state index contributed by atoms with van der Waals surface area (Å²) in [6.07, 6.45) is 5.45. The lowest BCUT2D eigenvalue weighted by atomic mass is 10.1. The van der Waals surface area contributed by atoms with Crippen LogP contribution in [0.3, 0.4) is 0 Å². The van der Waals surface area contributed by atoms with Crippen LogP contribution in [0.4, 0.5) is 5.82 Å². The third kappa shape index (κ3) is 2.30. The quantitative estimate of drug-likeness (QED) is 0.868. The van der Waals surface area contributed by atoms with E-state index in [2.05, 4.69) is 44.2 Å². The van der Waals surface area contributed by atoms with Crippen molar-refractivity contribution < 1.29 is 4.79 Å². The fourth-order valence-corrected chi connectivity index (χ4v) is 3.72. The number of fused-ring (bicyclic) bond motifs is 1. The number of carbonyl (C=O) groups excluding carboxylic acids is 1. The van der Waals surface area contributed by atoms with E-state index in [4.69, 9.17) is 0 Å². The van der Waals surface area contributed by atoms with Crippen LogP contribution in [0, 0.1) is 17.3 Å². The molecule has 2 atom stereocenters. The smallest absolute Gasteiger partial charge is 0.229 e. The van der Waals surface area contributed by atoms with Gasteiger partial charge in [0.15, 0.2) is 0 Å². The van der Waals surface area contributed by atoms with Crippen molar-refractivity contribution in [2.24, 2.45) is 24.3 Å². The molecule has 0 saturated heterocycles. The van der Waals surface area contributed by atoms with Gasteiger partial charge in [-0.3, -0.25) is 9.48 Å². The van der Waals surface area contributed by atoms with Gasteiger partial charge in [0.25, 0.3) is 0 Å². The van der Waals surface area contributed by atoms with E-state index in [-0.39, 0.29) is 17.2 Å². The van der Waals surface area contributed by atoms with Crippen LogP contribution in [0.2, 0.25) is 0 Å². The maximum atomic E-state index is 12.7. The summed E-state index contributed by atoms with van der Waals surface area (Å²) in [5, 5.41) is 7.66. The summed E-state index contributed by atoms with van der Waals surface area (Å²) in [5.74, 6) is 1.47. The first-order valence-corrected chi connectivity index (χ1v) is 7.83. The average molecular weight is 287 g/mol. The zero-order valence-electron chi connectivity index (χ0n) is 13.7. The van der Waals surface area contributed by atoms with Crippen LogP contribution in [0.15, 0.2) is 11.6 Å².